The van der Waals surface area contributed by atoms with E-state index in [0.29, 0.717) is 32.6 Å². The van der Waals surface area contributed by atoms with E-state index < -0.39 is 8.07 Å². The molecule has 1 aromatic rings. The molecule has 2 rings (SSSR count). The second-order valence-electron chi connectivity index (χ2n) is 6.54. The molecule has 1 nitrogen and oxygen atoms in total. The molecule has 19 heavy (non-hydrogen) atoms. The molecule has 0 radical (unpaired) electrons. The predicted molar refractivity (Wildman–Crippen MR) is 85.8 cm³/mol. The van der Waals surface area contributed by atoms with Crippen molar-refractivity contribution in [1.29, 1.82) is 0 Å². The van der Waals surface area contributed by atoms with E-state index in [9.17, 15) is 4.79 Å². The Kier molecular flexibility index (Phi) is 4.70. The van der Waals surface area contributed by atoms with Crippen LogP contribution in [-0.4, -0.2) is 28.8 Å². The summed E-state index contributed by atoms with van der Waals surface area (Å²) in [4.78, 5) is 11.9. The predicted octanol–water partition coefficient (Wildman–Crippen LogP) is 3.30. The van der Waals surface area contributed by atoms with Gasteiger partial charge in [-0.15, -0.1) is 0 Å². The molecule has 3 heteroatoms. The molecule has 0 aromatic heterocycles. The first-order chi connectivity index (χ1) is 8.93. The third-order valence-corrected chi connectivity index (χ3v) is 13.5. The Morgan fingerprint density at radius 3 is 2.47 bits per heavy atom. The van der Waals surface area contributed by atoms with Crippen molar-refractivity contribution in [3.05, 3.63) is 30.3 Å². The first kappa shape index (κ1) is 15.0. The van der Waals surface area contributed by atoms with Crippen LogP contribution in [0.25, 0.3) is 0 Å². The normalized spacial score (nSPS) is 24.0. The first-order valence-electron chi connectivity index (χ1n) is 7.18. The van der Waals surface area contributed by atoms with E-state index in [4.69, 9.17) is 0 Å². The van der Waals surface area contributed by atoms with E-state index in [1.165, 1.54) is 4.46 Å². The van der Waals surface area contributed by atoms with Crippen LogP contribution >= 0.6 is 0 Å². The van der Waals surface area contributed by atoms with Crippen LogP contribution in [0, 0.1) is 11.8 Å². The number of rotatable bonds is 6. The van der Waals surface area contributed by atoms with Crippen LogP contribution in [0.3, 0.4) is 0 Å². The fourth-order valence-electron chi connectivity index (χ4n) is 2.73. The second kappa shape index (κ2) is 5.95. The molecule has 1 saturated carbocycles. The quantitative estimate of drug-likeness (QED) is 0.727. The molecule has 0 bridgehead atoms. The van der Waals surface area contributed by atoms with Gasteiger partial charge in [0.15, 0.2) is 0 Å². The number of carbonyl (C=O) groups excluding carboxylic acids is 1. The van der Waals surface area contributed by atoms with Crippen molar-refractivity contribution in [2.24, 2.45) is 11.8 Å². The SMILES string of the molecule is CCC(=O)[C@H]1C[C@@H]1C([Se]c1ccccc1)[Si](C)(C)C. The molecule has 0 amide bonds. The molecule has 1 unspecified atom stereocenters. The minimum absolute atomic E-state index is 0.396. The van der Waals surface area contributed by atoms with Crippen LogP contribution < -0.4 is 4.46 Å². The molecule has 0 aliphatic heterocycles. The average molecular weight is 339 g/mol. The van der Waals surface area contributed by atoms with E-state index in [-0.39, 0.29) is 0 Å². The maximum absolute atomic E-state index is 11.9. The topological polar surface area (TPSA) is 17.1 Å². The van der Waals surface area contributed by atoms with E-state index in [0.717, 1.165) is 17.3 Å². The van der Waals surface area contributed by atoms with E-state index in [2.05, 4.69) is 50.0 Å². The molecule has 1 aliphatic carbocycles. The van der Waals surface area contributed by atoms with Crippen LogP contribution in [0.4, 0.5) is 0 Å². The van der Waals surface area contributed by atoms with Gasteiger partial charge in [-0.1, -0.05) is 0 Å². The van der Waals surface area contributed by atoms with Crippen molar-refractivity contribution in [2.75, 3.05) is 0 Å². The minimum atomic E-state index is -1.19. The molecular formula is C16H24OSeSi. The summed E-state index contributed by atoms with van der Waals surface area (Å²) < 4.78 is 2.31. The average Bonchev–Trinajstić information content (AvgIpc) is 3.15. The molecule has 104 valence electrons. The Balaban J connectivity index is 2.09. The van der Waals surface area contributed by atoms with Crippen LogP contribution in [0.1, 0.15) is 19.8 Å². The number of hydrogen-bond donors (Lipinski definition) is 0. The summed E-state index contributed by atoms with van der Waals surface area (Å²) in [7, 11) is -1.19. The standard InChI is InChI=1S/C16H24OSeSi/c1-5-15(17)13-11-14(13)16(19(2,3)4)18-12-9-7-6-8-10-12/h6-10,13-14,16H,5,11H2,1-4H3/t13-,14-,16?/m0/s1. The number of benzene rings is 1. The van der Waals surface area contributed by atoms with E-state index >= 15 is 0 Å². The molecule has 1 aromatic carbocycles. The number of ketones is 1. The Labute approximate surface area is 124 Å². The molecular weight excluding hydrogens is 315 g/mol. The summed E-state index contributed by atoms with van der Waals surface area (Å²) in [6.45, 7) is 9.40. The summed E-state index contributed by atoms with van der Waals surface area (Å²) in [6.07, 6.45) is 1.88. The molecule has 0 spiro atoms. The zero-order valence-electron chi connectivity index (χ0n) is 12.3. The zero-order valence-corrected chi connectivity index (χ0v) is 15.1. The van der Waals surface area contributed by atoms with Gasteiger partial charge >= 0.3 is 124 Å². The Bertz CT molecular complexity index is 438. The van der Waals surface area contributed by atoms with Gasteiger partial charge in [0.1, 0.15) is 0 Å². The third kappa shape index (κ3) is 3.81. The van der Waals surface area contributed by atoms with Crippen molar-refractivity contribution < 1.29 is 4.79 Å². The van der Waals surface area contributed by atoms with Gasteiger partial charge in [0.05, 0.1) is 0 Å². The molecule has 0 heterocycles. The second-order valence-corrected chi connectivity index (χ2v) is 15.4. The monoisotopic (exact) mass is 340 g/mol. The Hall–Kier alpha value is -0.374. The van der Waals surface area contributed by atoms with Crippen molar-refractivity contribution in [1.82, 2.24) is 0 Å². The van der Waals surface area contributed by atoms with Gasteiger partial charge in [0, 0.05) is 0 Å². The molecule has 1 fully saturated rings. The summed E-state index contributed by atoms with van der Waals surface area (Å²) in [5.74, 6) is 1.59. The van der Waals surface area contributed by atoms with Crippen LogP contribution in [-0.2, 0) is 4.79 Å². The number of carbonyl (C=O) groups is 1. The van der Waals surface area contributed by atoms with Gasteiger partial charge in [0.25, 0.3) is 0 Å². The van der Waals surface area contributed by atoms with Crippen molar-refractivity contribution in [3.63, 3.8) is 0 Å². The summed E-state index contributed by atoms with van der Waals surface area (Å²) in [5.41, 5.74) is 0. The molecule has 1 aliphatic rings. The van der Waals surface area contributed by atoms with E-state index in [1.54, 1.807) is 0 Å². The molecule has 0 saturated heterocycles. The van der Waals surface area contributed by atoms with Gasteiger partial charge in [-0.3, -0.25) is 0 Å². The number of Topliss-reactive ketones (excluding diaryl/α,β-unsaturated/α-hetero) is 1. The molecule has 0 N–H and O–H groups in total. The summed E-state index contributed by atoms with van der Waals surface area (Å²) in [5, 5.41) is 0. The maximum atomic E-state index is 11.9. The summed E-state index contributed by atoms with van der Waals surface area (Å²) >= 11 is 0.527. The summed E-state index contributed by atoms with van der Waals surface area (Å²) in [6, 6.07) is 10.9. The van der Waals surface area contributed by atoms with Crippen molar-refractivity contribution in [2.45, 2.75) is 43.8 Å². The Morgan fingerprint density at radius 1 is 1.32 bits per heavy atom. The van der Waals surface area contributed by atoms with Crippen molar-refractivity contribution in [3.8, 4) is 0 Å². The van der Waals surface area contributed by atoms with Crippen molar-refractivity contribution >= 4 is 33.3 Å². The van der Waals surface area contributed by atoms with Crippen LogP contribution in [0.5, 0.6) is 0 Å². The van der Waals surface area contributed by atoms with Gasteiger partial charge < -0.3 is 0 Å². The van der Waals surface area contributed by atoms with Crippen LogP contribution in [0.15, 0.2) is 30.3 Å². The first-order valence-corrected chi connectivity index (χ1v) is 12.6. The fourth-order valence-corrected chi connectivity index (χ4v) is 9.94. The van der Waals surface area contributed by atoms with Crippen LogP contribution in [0.2, 0.25) is 24.1 Å². The van der Waals surface area contributed by atoms with Gasteiger partial charge in [-0.05, 0) is 0 Å². The van der Waals surface area contributed by atoms with Gasteiger partial charge in [0.2, 0.25) is 0 Å². The zero-order chi connectivity index (χ0) is 14.0. The number of hydrogen-bond acceptors (Lipinski definition) is 1. The Morgan fingerprint density at radius 2 is 1.95 bits per heavy atom. The van der Waals surface area contributed by atoms with Gasteiger partial charge in [-0.2, -0.15) is 0 Å². The fraction of sp³-hybridized carbons (Fsp3) is 0.562. The van der Waals surface area contributed by atoms with E-state index in [1.807, 2.05) is 6.92 Å². The third-order valence-electron chi connectivity index (χ3n) is 3.85. The van der Waals surface area contributed by atoms with Gasteiger partial charge in [-0.25, -0.2) is 0 Å². The molecule has 3 atom stereocenters.